The third-order valence-electron chi connectivity index (χ3n) is 2.81. The fourth-order valence-corrected chi connectivity index (χ4v) is 5.79. The maximum Gasteiger partial charge on any atom is 0.252 e. The fraction of sp³-hybridized carbons (Fsp3) is 0.667. The molecule has 1 aliphatic heterocycles. The largest absolute Gasteiger partial charge is 0.385 e. The van der Waals surface area contributed by atoms with Crippen LogP contribution in [0.2, 0.25) is 0 Å². The molecule has 0 saturated heterocycles. The van der Waals surface area contributed by atoms with Gasteiger partial charge < -0.3 is 10.1 Å². The summed E-state index contributed by atoms with van der Waals surface area (Å²) in [7, 11) is -12.3. The van der Waals surface area contributed by atoms with Crippen LogP contribution < -0.4 is 10.5 Å². The Hall–Kier alpha value is -0.560. The molecule has 1 aliphatic rings. The van der Waals surface area contributed by atoms with Crippen LogP contribution in [0, 0.1) is 0 Å². The molecule has 0 bridgehead atoms. The van der Waals surface area contributed by atoms with Gasteiger partial charge in [-0.25, -0.2) is 22.0 Å². The van der Waals surface area contributed by atoms with E-state index in [9.17, 15) is 16.8 Å². The summed E-state index contributed by atoms with van der Waals surface area (Å²) in [6.07, 6.45) is -0.341. The molecule has 0 fully saturated rings. The Morgan fingerprint density at radius 3 is 3.17 bits per heavy atom. The Labute approximate surface area is 156 Å². The number of thiophene rings is 1. The predicted octanol–water partition coefficient (Wildman–Crippen LogP) is 0.0869. The fourth-order valence-electron chi connectivity index (χ4n) is 1.86. The van der Waals surface area contributed by atoms with Crippen molar-refractivity contribution in [3.05, 3.63) is 11.6 Å². The summed E-state index contributed by atoms with van der Waals surface area (Å²) in [6, 6.07) is -3.16. The molecule has 0 amide bonds. The molecule has 0 spiro atoms. The number of rotatable bonds is 7. The SMILES string of the molecule is [2H]c1c(S(N)(=O)=O)sc2c1[C@@H](NC([2H])([2H])C([2H])([2H])[2H])C([2H])([2H])N(CCCOC([2H])([2H])[2H])S2(=O)=O. The summed E-state index contributed by atoms with van der Waals surface area (Å²) in [5.74, 6) is 0. The van der Waals surface area contributed by atoms with E-state index in [-0.39, 0.29) is 22.1 Å². The van der Waals surface area contributed by atoms with Crippen molar-refractivity contribution in [3.63, 3.8) is 0 Å². The summed E-state index contributed by atoms with van der Waals surface area (Å²) in [5, 5.41) is 6.94. The van der Waals surface area contributed by atoms with Crippen molar-refractivity contribution in [3.8, 4) is 0 Å². The maximum absolute atomic E-state index is 13.2. The molecule has 2 rings (SSSR count). The molecule has 23 heavy (non-hydrogen) atoms. The molecule has 3 N–H and O–H groups in total. The first-order chi connectivity index (χ1) is 14.9. The molecule has 0 aromatic carbocycles. The number of hydrogen-bond acceptors (Lipinski definition) is 7. The molecular formula is C12H21N3O5S3. The molecule has 0 saturated carbocycles. The van der Waals surface area contributed by atoms with Gasteiger partial charge in [-0.3, -0.25) is 0 Å². The lowest BCUT2D eigenvalue weighted by Gasteiger charge is -2.32. The molecule has 2 heterocycles. The van der Waals surface area contributed by atoms with Crippen molar-refractivity contribution in [2.75, 3.05) is 33.2 Å². The van der Waals surface area contributed by atoms with Crippen LogP contribution in [0.1, 0.15) is 40.0 Å². The second-order valence-corrected chi connectivity index (χ2v) is 9.21. The lowest BCUT2D eigenvalue weighted by molar-refractivity contribution is 0.185. The number of ether oxygens (including phenoxy) is 1. The van der Waals surface area contributed by atoms with Gasteiger partial charge in [0.05, 0.1) is 5.48 Å². The predicted molar refractivity (Wildman–Crippen MR) is 87.4 cm³/mol. The van der Waals surface area contributed by atoms with Crippen LogP contribution in [-0.2, 0) is 24.8 Å². The second kappa shape index (κ2) is 7.13. The van der Waals surface area contributed by atoms with Gasteiger partial charge in [0.1, 0.15) is 8.42 Å². The number of likely N-dealkylation sites (N-methyl/N-ethyl adjacent to an activating group) is 1. The Kier molecular flexibility index (Phi) is 2.70. The molecule has 1 aromatic rings. The highest BCUT2D eigenvalue weighted by Crippen LogP contribution is 2.39. The average molecular weight is 395 g/mol. The molecule has 132 valence electrons. The normalized spacial score (nSPS) is 32.2. The third kappa shape index (κ3) is 3.92. The van der Waals surface area contributed by atoms with Gasteiger partial charge >= 0.3 is 0 Å². The van der Waals surface area contributed by atoms with Crippen molar-refractivity contribution in [1.82, 2.24) is 9.62 Å². The molecule has 0 aliphatic carbocycles. The first-order valence-electron chi connectivity index (χ1n) is 11.6. The highest BCUT2D eigenvalue weighted by Gasteiger charge is 2.39. The van der Waals surface area contributed by atoms with Crippen LogP contribution >= 0.6 is 11.3 Å². The number of hydrogen-bond donors (Lipinski definition) is 2. The summed E-state index contributed by atoms with van der Waals surface area (Å²) in [5.41, 5.74) is -0.790. The minimum absolute atomic E-state index is 0.0400. The molecule has 0 unspecified atom stereocenters. The Bertz CT molecular complexity index is 1140. The Morgan fingerprint density at radius 2 is 2.52 bits per heavy atom. The summed E-state index contributed by atoms with van der Waals surface area (Å²) < 4.78 is 137. The standard InChI is InChI=1S/C12H21N3O5S3/c1-3-14-10-8-15(5-4-6-20-2)23(18,19)12-9(10)7-11(21-12)22(13,16)17/h7,10,14H,3-6,8H2,1-2H3,(H2,13,16,17)/t10-/m0/s1/i1D3,2D3,3D2,7D,8D2. The molecule has 1 aromatic heterocycles. The van der Waals surface area contributed by atoms with Gasteiger partial charge in [-0.2, -0.15) is 4.31 Å². The van der Waals surface area contributed by atoms with E-state index in [0.29, 0.717) is 0 Å². The van der Waals surface area contributed by atoms with Gasteiger partial charge in [0.2, 0.25) is 10.0 Å². The smallest absolute Gasteiger partial charge is 0.252 e. The molecule has 1 atom stereocenters. The third-order valence-corrected chi connectivity index (χ3v) is 7.51. The van der Waals surface area contributed by atoms with Gasteiger partial charge in [-0.15, -0.1) is 11.3 Å². The van der Waals surface area contributed by atoms with Crippen molar-refractivity contribution in [2.45, 2.75) is 27.7 Å². The van der Waals surface area contributed by atoms with Crippen LogP contribution in [0.5, 0.6) is 0 Å². The van der Waals surface area contributed by atoms with E-state index >= 15 is 0 Å². The van der Waals surface area contributed by atoms with E-state index < -0.39 is 86.1 Å². The summed E-state index contributed by atoms with van der Waals surface area (Å²) >= 11 is 0.0400. The first kappa shape index (κ1) is 8.70. The number of nitrogens with zero attached hydrogens (tertiary/aromatic N) is 1. The van der Waals surface area contributed by atoms with E-state index in [1.165, 1.54) is 0 Å². The Morgan fingerprint density at radius 1 is 1.74 bits per heavy atom. The van der Waals surface area contributed by atoms with E-state index in [0.717, 1.165) is 0 Å². The average Bonchev–Trinajstić information content (AvgIpc) is 2.94. The van der Waals surface area contributed by atoms with E-state index in [4.69, 9.17) is 20.2 Å². The highest BCUT2D eigenvalue weighted by molar-refractivity contribution is 7.94. The van der Waals surface area contributed by atoms with Crippen molar-refractivity contribution in [2.24, 2.45) is 5.14 Å². The second-order valence-electron chi connectivity index (χ2n) is 4.37. The van der Waals surface area contributed by atoms with Crippen LogP contribution in [0.25, 0.3) is 0 Å². The zero-order valence-corrected chi connectivity index (χ0v) is 13.9. The lowest BCUT2D eigenvalue weighted by Crippen LogP contribution is -2.43. The molecular weight excluding hydrogens is 362 g/mol. The van der Waals surface area contributed by atoms with Crippen molar-refractivity contribution >= 4 is 31.4 Å². The number of nitrogens with one attached hydrogen (secondary N) is 1. The van der Waals surface area contributed by atoms with Gasteiger partial charge in [0, 0.05) is 47.9 Å². The van der Waals surface area contributed by atoms with Gasteiger partial charge in [0.15, 0.2) is 0 Å². The summed E-state index contributed by atoms with van der Waals surface area (Å²) in [4.78, 5) is 0. The zero-order chi connectivity index (χ0) is 26.7. The molecule has 0 radical (unpaired) electrons. The minimum atomic E-state index is -4.85. The lowest BCUT2D eigenvalue weighted by atomic mass is 10.1. The minimum Gasteiger partial charge on any atom is -0.385 e. The quantitative estimate of drug-likeness (QED) is 0.633. The molecule has 11 heteroatoms. The topological polar surface area (TPSA) is 119 Å². The molecule has 8 nitrogen and oxygen atoms in total. The van der Waals surface area contributed by atoms with E-state index in [1.54, 1.807) is 0 Å². The number of nitrogens with two attached hydrogens (primary N) is 1. The monoisotopic (exact) mass is 394 g/mol. The number of sulfonamides is 2. The van der Waals surface area contributed by atoms with Crippen molar-refractivity contribution in [1.29, 1.82) is 0 Å². The van der Waals surface area contributed by atoms with Crippen LogP contribution in [0.4, 0.5) is 0 Å². The number of methoxy groups -OCH3 is 1. The van der Waals surface area contributed by atoms with Crippen LogP contribution in [0.15, 0.2) is 14.5 Å². The number of primary sulfonamides is 1. The first-order valence-corrected chi connectivity index (χ1v) is 9.85. The Balaban J connectivity index is 2.68. The van der Waals surface area contributed by atoms with Gasteiger partial charge in [0.25, 0.3) is 10.0 Å². The van der Waals surface area contributed by atoms with E-state index in [1.807, 2.05) is 5.32 Å². The summed E-state index contributed by atoms with van der Waals surface area (Å²) in [6.45, 7) is -11.0. The number of fused-ring (bicyclic) bond motifs is 1. The van der Waals surface area contributed by atoms with Crippen molar-refractivity contribution < 1.29 is 36.7 Å². The van der Waals surface area contributed by atoms with Crippen LogP contribution in [0.3, 0.4) is 0 Å². The maximum atomic E-state index is 13.2. The van der Waals surface area contributed by atoms with Crippen LogP contribution in [-0.4, -0.2) is 54.3 Å². The van der Waals surface area contributed by atoms with Gasteiger partial charge in [-0.1, -0.05) is 6.85 Å². The zero-order valence-electron chi connectivity index (χ0n) is 22.5. The highest BCUT2D eigenvalue weighted by atomic mass is 32.3. The van der Waals surface area contributed by atoms with Gasteiger partial charge in [-0.05, 0) is 19.0 Å². The van der Waals surface area contributed by atoms with E-state index in [2.05, 4.69) is 4.74 Å².